The van der Waals surface area contributed by atoms with Gasteiger partial charge in [-0.05, 0) is 51.3 Å². The summed E-state index contributed by atoms with van der Waals surface area (Å²) in [6, 6.07) is 8.08. The molecule has 1 N–H and O–H groups in total. The van der Waals surface area contributed by atoms with Crippen LogP contribution in [0.3, 0.4) is 0 Å². The van der Waals surface area contributed by atoms with Gasteiger partial charge in [-0.2, -0.15) is 0 Å². The molecule has 0 saturated carbocycles. The second kappa shape index (κ2) is 7.54. The van der Waals surface area contributed by atoms with E-state index in [1.54, 1.807) is 4.90 Å². The first kappa shape index (κ1) is 18.1. The highest BCUT2D eigenvalue weighted by Crippen LogP contribution is 2.34. The highest BCUT2D eigenvalue weighted by molar-refractivity contribution is 6.31. The fourth-order valence-corrected chi connectivity index (χ4v) is 3.28. The monoisotopic (exact) mass is 338 g/mol. The molecule has 0 bridgehead atoms. The molecule has 2 atom stereocenters. The van der Waals surface area contributed by atoms with Crippen molar-refractivity contribution in [2.24, 2.45) is 5.92 Å². The summed E-state index contributed by atoms with van der Waals surface area (Å²) < 4.78 is 5.48. The molecule has 2 rings (SSSR count). The molecule has 1 aromatic carbocycles. The third kappa shape index (κ3) is 4.85. The Balaban J connectivity index is 2.08. The van der Waals surface area contributed by atoms with Gasteiger partial charge >= 0.3 is 6.09 Å². The van der Waals surface area contributed by atoms with Crippen LogP contribution < -0.4 is 5.32 Å². The van der Waals surface area contributed by atoms with Crippen LogP contribution in [0.25, 0.3) is 0 Å². The number of nitrogens with one attached hydrogen (secondary N) is 1. The SMILES string of the molecule is CCNC(c1ccccc1Cl)C1CCN(C(=O)OC(C)(C)C)C1. The molecule has 1 aliphatic heterocycles. The molecule has 1 fully saturated rings. The Morgan fingerprint density at radius 3 is 2.74 bits per heavy atom. The van der Waals surface area contributed by atoms with Crippen molar-refractivity contribution in [3.63, 3.8) is 0 Å². The Morgan fingerprint density at radius 1 is 1.43 bits per heavy atom. The van der Waals surface area contributed by atoms with Gasteiger partial charge in [-0.25, -0.2) is 4.79 Å². The minimum Gasteiger partial charge on any atom is -0.444 e. The molecule has 0 radical (unpaired) electrons. The Bertz CT molecular complexity index is 542. The summed E-state index contributed by atoms with van der Waals surface area (Å²) in [5.74, 6) is 0.336. The number of hydrogen-bond acceptors (Lipinski definition) is 3. The first-order valence-corrected chi connectivity index (χ1v) is 8.65. The van der Waals surface area contributed by atoms with Crippen LogP contribution in [0.15, 0.2) is 24.3 Å². The fourth-order valence-electron chi connectivity index (χ4n) is 3.03. The number of halogens is 1. The zero-order valence-corrected chi connectivity index (χ0v) is 15.2. The van der Waals surface area contributed by atoms with Crippen molar-refractivity contribution in [2.75, 3.05) is 19.6 Å². The maximum atomic E-state index is 12.2. The van der Waals surface area contributed by atoms with Crippen LogP contribution in [0.2, 0.25) is 5.02 Å². The molecular weight excluding hydrogens is 312 g/mol. The van der Waals surface area contributed by atoms with Crippen molar-refractivity contribution in [1.82, 2.24) is 10.2 Å². The highest BCUT2D eigenvalue weighted by atomic mass is 35.5. The number of carbonyl (C=O) groups is 1. The predicted octanol–water partition coefficient (Wildman–Crippen LogP) is 4.25. The summed E-state index contributed by atoms with van der Waals surface area (Å²) in [6.45, 7) is 10.0. The molecule has 2 unspecified atom stereocenters. The fraction of sp³-hybridized carbons (Fsp3) is 0.611. The van der Waals surface area contributed by atoms with E-state index in [2.05, 4.69) is 18.3 Å². The molecule has 23 heavy (non-hydrogen) atoms. The Hall–Kier alpha value is -1.26. The van der Waals surface area contributed by atoms with E-state index in [0.717, 1.165) is 30.1 Å². The van der Waals surface area contributed by atoms with Crippen molar-refractivity contribution in [3.05, 3.63) is 34.9 Å². The van der Waals surface area contributed by atoms with E-state index in [-0.39, 0.29) is 12.1 Å². The number of rotatable bonds is 4. The van der Waals surface area contributed by atoms with Gasteiger partial charge in [0.05, 0.1) is 0 Å². The lowest BCUT2D eigenvalue weighted by molar-refractivity contribution is 0.0285. The van der Waals surface area contributed by atoms with Gasteiger partial charge < -0.3 is 15.0 Å². The quantitative estimate of drug-likeness (QED) is 0.892. The summed E-state index contributed by atoms with van der Waals surface area (Å²) in [5.41, 5.74) is 0.644. The van der Waals surface area contributed by atoms with Crippen LogP contribution in [-0.2, 0) is 4.74 Å². The molecule has 0 spiro atoms. The number of carbonyl (C=O) groups excluding carboxylic acids is 1. The zero-order valence-electron chi connectivity index (χ0n) is 14.4. The van der Waals surface area contributed by atoms with Gasteiger partial charge in [0.25, 0.3) is 0 Å². The topological polar surface area (TPSA) is 41.6 Å². The van der Waals surface area contributed by atoms with Crippen molar-refractivity contribution in [1.29, 1.82) is 0 Å². The third-order valence-electron chi connectivity index (χ3n) is 4.01. The van der Waals surface area contributed by atoms with E-state index in [0.29, 0.717) is 12.5 Å². The lowest BCUT2D eigenvalue weighted by Gasteiger charge is -2.27. The molecule has 128 valence electrons. The second-order valence-corrected chi connectivity index (χ2v) is 7.44. The van der Waals surface area contributed by atoms with E-state index in [9.17, 15) is 4.79 Å². The first-order chi connectivity index (χ1) is 10.8. The Kier molecular flexibility index (Phi) is 5.93. The van der Waals surface area contributed by atoms with Crippen molar-refractivity contribution in [3.8, 4) is 0 Å². The number of hydrogen-bond donors (Lipinski definition) is 1. The molecule has 1 saturated heterocycles. The Morgan fingerprint density at radius 2 is 2.13 bits per heavy atom. The number of benzene rings is 1. The van der Waals surface area contributed by atoms with Gasteiger partial charge in [-0.1, -0.05) is 36.7 Å². The summed E-state index contributed by atoms with van der Waals surface area (Å²) in [5, 5.41) is 4.30. The van der Waals surface area contributed by atoms with E-state index in [4.69, 9.17) is 16.3 Å². The molecule has 0 aromatic heterocycles. The summed E-state index contributed by atoms with van der Waals surface area (Å²) in [4.78, 5) is 14.1. The zero-order chi connectivity index (χ0) is 17.0. The first-order valence-electron chi connectivity index (χ1n) is 8.27. The molecule has 1 amide bonds. The van der Waals surface area contributed by atoms with Gasteiger partial charge in [-0.15, -0.1) is 0 Å². The second-order valence-electron chi connectivity index (χ2n) is 7.03. The average molecular weight is 339 g/mol. The molecule has 5 heteroatoms. The Labute approximate surface area is 144 Å². The van der Waals surface area contributed by atoms with Gasteiger partial charge in [0.1, 0.15) is 5.60 Å². The molecular formula is C18H27ClN2O2. The van der Waals surface area contributed by atoms with Gasteiger partial charge in [0.15, 0.2) is 0 Å². The molecule has 4 nitrogen and oxygen atoms in total. The molecule has 1 aliphatic rings. The summed E-state index contributed by atoms with van der Waals surface area (Å²) in [7, 11) is 0. The third-order valence-corrected chi connectivity index (χ3v) is 4.36. The highest BCUT2D eigenvalue weighted by Gasteiger charge is 2.34. The average Bonchev–Trinajstić information content (AvgIpc) is 2.93. The van der Waals surface area contributed by atoms with E-state index < -0.39 is 5.60 Å². The summed E-state index contributed by atoms with van der Waals surface area (Å²) >= 11 is 6.37. The maximum absolute atomic E-state index is 12.2. The van der Waals surface area contributed by atoms with Gasteiger partial charge in [0, 0.05) is 24.2 Å². The standard InChI is InChI=1S/C18H27ClN2O2/c1-5-20-16(14-8-6-7-9-15(14)19)13-10-11-21(12-13)17(22)23-18(2,3)4/h6-9,13,16,20H,5,10-12H2,1-4H3. The summed E-state index contributed by atoms with van der Waals surface area (Å²) in [6.07, 6.45) is 0.719. The predicted molar refractivity (Wildman–Crippen MR) is 93.8 cm³/mol. The lowest BCUT2D eigenvalue weighted by Crippen LogP contribution is -2.37. The van der Waals surface area contributed by atoms with Crippen LogP contribution in [0, 0.1) is 5.92 Å². The van der Waals surface area contributed by atoms with Crippen LogP contribution >= 0.6 is 11.6 Å². The van der Waals surface area contributed by atoms with Gasteiger partial charge in [0.2, 0.25) is 0 Å². The van der Waals surface area contributed by atoms with Crippen LogP contribution in [-0.4, -0.2) is 36.2 Å². The largest absolute Gasteiger partial charge is 0.444 e. The van der Waals surface area contributed by atoms with Crippen LogP contribution in [0.1, 0.15) is 45.7 Å². The number of nitrogens with zero attached hydrogens (tertiary/aromatic N) is 1. The van der Waals surface area contributed by atoms with Crippen LogP contribution in [0.4, 0.5) is 4.79 Å². The smallest absolute Gasteiger partial charge is 0.410 e. The van der Waals surface area contributed by atoms with Crippen molar-refractivity contribution < 1.29 is 9.53 Å². The molecule has 1 aromatic rings. The minimum atomic E-state index is -0.459. The van der Waals surface area contributed by atoms with E-state index >= 15 is 0 Å². The number of likely N-dealkylation sites (tertiary alicyclic amines) is 1. The van der Waals surface area contributed by atoms with Gasteiger partial charge in [-0.3, -0.25) is 0 Å². The number of amides is 1. The molecule has 1 heterocycles. The van der Waals surface area contributed by atoms with Crippen LogP contribution in [0.5, 0.6) is 0 Å². The number of ether oxygens (including phenoxy) is 1. The van der Waals surface area contributed by atoms with Crippen molar-refractivity contribution in [2.45, 2.75) is 45.8 Å². The normalized spacial score (nSPS) is 19.7. The lowest BCUT2D eigenvalue weighted by atomic mass is 9.92. The maximum Gasteiger partial charge on any atom is 0.410 e. The van der Waals surface area contributed by atoms with Crippen molar-refractivity contribution >= 4 is 17.7 Å². The van der Waals surface area contributed by atoms with E-state index in [1.165, 1.54) is 0 Å². The molecule has 0 aliphatic carbocycles. The van der Waals surface area contributed by atoms with E-state index in [1.807, 2.05) is 39.0 Å². The minimum absolute atomic E-state index is 0.154.